The van der Waals surface area contributed by atoms with Crippen molar-refractivity contribution < 1.29 is 17.9 Å². The lowest BCUT2D eigenvalue weighted by molar-refractivity contribution is 0.310. The Kier molecular flexibility index (Phi) is 7.62. The zero-order chi connectivity index (χ0) is 22.4. The molecule has 6 nitrogen and oxygen atoms in total. The second kappa shape index (κ2) is 10.2. The molecule has 0 aliphatic rings. The summed E-state index contributed by atoms with van der Waals surface area (Å²) in [5.41, 5.74) is 3.01. The normalized spacial score (nSPS) is 12.9. The summed E-state index contributed by atoms with van der Waals surface area (Å²) in [5, 5.41) is 1.07. The number of H-pyrrole nitrogens is 1. The van der Waals surface area contributed by atoms with Gasteiger partial charge in [-0.25, -0.2) is 13.1 Å². The van der Waals surface area contributed by atoms with Gasteiger partial charge in [0.1, 0.15) is 0 Å². The molecule has 0 aliphatic heterocycles. The summed E-state index contributed by atoms with van der Waals surface area (Å²) >= 11 is 0. The lowest BCUT2D eigenvalue weighted by Crippen LogP contribution is -2.31. The Morgan fingerprint density at radius 3 is 2.58 bits per heavy atom. The van der Waals surface area contributed by atoms with E-state index in [2.05, 4.69) is 9.71 Å². The molecule has 1 atom stereocenters. The summed E-state index contributed by atoms with van der Waals surface area (Å²) < 4.78 is 39.2. The first-order chi connectivity index (χ1) is 14.8. The van der Waals surface area contributed by atoms with Gasteiger partial charge in [0.05, 0.1) is 19.5 Å². The Hall–Kier alpha value is -2.51. The van der Waals surface area contributed by atoms with E-state index >= 15 is 0 Å². The number of aromatic amines is 1. The smallest absolute Gasteiger partial charge is 0.211 e. The highest BCUT2D eigenvalue weighted by Gasteiger charge is 2.22. The molecule has 7 heteroatoms. The Bertz CT molecular complexity index is 1110. The Balaban J connectivity index is 1.97. The average molecular weight is 445 g/mol. The fraction of sp³-hybridized carbons (Fsp3) is 0.417. The molecule has 0 spiro atoms. The highest BCUT2D eigenvalue weighted by molar-refractivity contribution is 7.89. The molecular weight excluding hydrogens is 412 g/mol. The van der Waals surface area contributed by atoms with Crippen molar-refractivity contribution in [2.75, 3.05) is 26.0 Å². The minimum Gasteiger partial charge on any atom is -0.493 e. The van der Waals surface area contributed by atoms with Crippen LogP contribution in [0.3, 0.4) is 0 Å². The van der Waals surface area contributed by atoms with Crippen LogP contribution >= 0.6 is 0 Å². The average Bonchev–Trinajstić information content (AvgIpc) is 3.17. The van der Waals surface area contributed by atoms with Crippen molar-refractivity contribution in [2.24, 2.45) is 5.92 Å². The van der Waals surface area contributed by atoms with Gasteiger partial charge in [-0.15, -0.1) is 0 Å². The third kappa shape index (κ3) is 5.80. The van der Waals surface area contributed by atoms with Crippen molar-refractivity contribution in [3.8, 4) is 11.5 Å². The number of sulfonamides is 1. The fourth-order valence-electron chi connectivity index (χ4n) is 3.64. The number of hydrogen-bond donors (Lipinski definition) is 2. The Morgan fingerprint density at radius 1 is 1.10 bits per heavy atom. The lowest BCUT2D eigenvalue weighted by atomic mass is 9.91. The second-order valence-electron chi connectivity index (χ2n) is 8.04. The number of hydrogen-bond acceptors (Lipinski definition) is 4. The SMILES string of the molecule is CCOc1ccc(C(CNS(=O)(=O)CCC(C)C)c2c[nH]c3ccccc23)cc1OC. The standard InChI is InChI=1S/C24H32N2O4S/c1-5-30-23-11-10-18(14-24(23)29-4)20(16-26-31(27,28)13-12-17(2)3)21-15-25-22-9-7-6-8-19(21)22/h6-11,14-15,17,20,25-26H,5,12-13,16H2,1-4H3. The van der Waals surface area contributed by atoms with E-state index in [0.29, 0.717) is 30.4 Å². The fourth-order valence-corrected chi connectivity index (χ4v) is 4.99. The van der Waals surface area contributed by atoms with Gasteiger partial charge in [0.15, 0.2) is 11.5 Å². The maximum atomic E-state index is 12.6. The van der Waals surface area contributed by atoms with Crippen molar-refractivity contribution in [1.82, 2.24) is 9.71 Å². The van der Waals surface area contributed by atoms with Crippen LogP contribution < -0.4 is 14.2 Å². The molecule has 1 aromatic heterocycles. The molecular formula is C24H32N2O4S. The van der Waals surface area contributed by atoms with E-state index in [1.165, 1.54) is 0 Å². The third-order valence-corrected chi connectivity index (χ3v) is 6.74. The van der Waals surface area contributed by atoms with Gasteiger partial charge < -0.3 is 14.5 Å². The molecule has 0 saturated heterocycles. The number of fused-ring (bicyclic) bond motifs is 1. The molecule has 31 heavy (non-hydrogen) atoms. The van der Waals surface area contributed by atoms with Gasteiger partial charge in [-0.2, -0.15) is 0 Å². The minimum atomic E-state index is -3.37. The van der Waals surface area contributed by atoms with Gasteiger partial charge in [-0.1, -0.05) is 38.1 Å². The molecule has 2 N–H and O–H groups in total. The summed E-state index contributed by atoms with van der Waals surface area (Å²) in [6, 6.07) is 13.8. The van der Waals surface area contributed by atoms with Gasteiger partial charge in [-0.05, 0) is 48.6 Å². The summed E-state index contributed by atoms with van der Waals surface area (Å²) in [7, 11) is -1.76. The third-order valence-electron chi connectivity index (χ3n) is 5.36. The molecule has 1 unspecified atom stereocenters. The zero-order valence-corrected chi connectivity index (χ0v) is 19.5. The van der Waals surface area contributed by atoms with Gasteiger partial charge in [0.2, 0.25) is 10.0 Å². The molecule has 168 valence electrons. The van der Waals surface area contributed by atoms with E-state index in [9.17, 15) is 8.42 Å². The maximum Gasteiger partial charge on any atom is 0.211 e. The van der Waals surface area contributed by atoms with Crippen molar-refractivity contribution in [3.63, 3.8) is 0 Å². The number of rotatable bonds is 11. The van der Waals surface area contributed by atoms with Crippen LogP contribution in [-0.2, 0) is 10.0 Å². The molecule has 3 rings (SSSR count). The van der Waals surface area contributed by atoms with E-state index in [-0.39, 0.29) is 18.2 Å². The highest BCUT2D eigenvalue weighted by Crippen LogP contribution is 2.36. The van der Waals surface area contributed by atoms with Crippen LogP contribution in [-0.4, -0.2) is 39.4 Å². The Morgan fingerprint density at radius 2 is 1.87 bits per heavy atom. The van der Waals surface area contributed by atoms with Crippen LogP contribution in [0.4, 0.5) is 0 Å². The van der Waals surface area contributed by atoms with Gasteiger partial charge >= 0.3 is 0 Å². The monoisotopic (exact) mass is 444 g/mol. The molecule has 0 radical (unpaired) electrons. The van der Waals surface area contributed by atoms with E-state index in [4.69, 9.17) is 9.47 Å². The molecule has 0 bridgehead atoms. The van der Waals surface area contributed by atoms with Gasteiger partial charge in [0.25, 0.3) is 0 Å². The van der Waals surface area contributed by atoms with Crippen LogP contribution in [0.1, 0.15) is 44.2 Å². The predicted octanol–water partition coefficient (Wildman–Crippen LogP) is 4.67. The number of methoxy groups -OCH3 is 1. The van der Waals surface area contributed by atoms with Crippen LogP contribution in [0.2, 0.25) is 0 Å². The summed E-state index contributed by atoms with van der Waals surface area (Å²) in [6.07, 6.45) is 2.59. The van der Waals surface area contributed by atoms with E-state index in [1.807, 2.05) is 69.4 Å². The first-order valence-corrected chi connectivity index (χ1v) is 12.3. The molecule has 3 aromatic rings. The van der Waals surface area contributed by atoms with Crippen LogP contribution in [0.5, 0.6) is 11.5 Å². The first-order valence-electron chi connectivity index (χ1n) is 10.7. The second-order valence-corrected chi connectivity index (χ2v) is 9.96. The molecule has 1 heterocycles. The number of para-hydroxylation sites is 1. The highest BCUT2D eigenvalue weighted by atomic mass is 32.2. The number of ether oxygens (including phenoxy) is 2. The predicted molar refractivity (Wildman–Crippen MR) is 126 cm³/mol. The molecule has 0 aliphatic carbocycles. The number of aromatic nitrogens is 1. The largest absolute Gasteiger partial charge is 0.493 e. The van der Waals surface area contributed by atoms with Crippen LogP contribution in [0.25, 0.3) is 10.9 Å². The van der Waals surface area contributed by atoms with E-state index < -0.39 is 10.0 Å². The van der Waals surface area contributed by atoms with Crippen molar-refractivity contribution in [2.45, 2.75) is 33.1 Å². The molecule has 0 fully saturated rings. The van der Waals surface area contributed by atoms with Crippen molar-refractivity contribution in [1.29, 1.82) is 0 Å². The van der Waals surface area contributed by atoms with Crippen LogP contribution in [0, 0.1) is 5.92 Å². The van der Waals surface area contributed by atoms with Crippen LogP contribution in [0.15, 0.2) is 48.7 Å². The van der Waals surface area contributed by atoms with Gasteiger partial charge in [-0.3, -0.25) is 0 Å². The van der Waals surface area contributed by atoms with Crippen molar-refractivity contribution in [3.05, 3.63) is 59.8 Å². The number of nitrogens with one attached hydrogen (secondary N) is 2. The topological polar surface area (TPSA) is 80.4 Å². The Labute approximate surface area is 185 Å². The maximum absolute atomic E-state index is 12.6. The lowest BCUT2D eigenvalue weighted by Gasteiger charge is -2.20. The van der Waals surface area contributed by atoms with Gasteiger partial charge in [0, 0.05) is 29.6 Å². The van der Waals surface area contributed by atoms with Crippen molar-refractivity contribution >= 4 is 20.9 Å². The summed E-state index contributed by atoms with van der Waals surface area (Å²) in [6.45, 7) is 6.78. The quantitative estimate of drug-likeness (QED) is 0.450. The summed E-state index contributed by atoms with van der Waals surface area (Å²) in [5.74, 6) is 1.57. The minimum absolute atomic E-state index is 0.123. The van der Waals surface area contributed by atoms with E-state index in [1.54, 1.807) is 7.11 Å². The van der Waals surface area contributed by atoms with E-state index in [0.717, 1.165) is 22.0 Å². The first kappa shape index (κ1) is 23.2. The summed E-state index contributed by atoms with van der Waals surface area (Å²) in [4.78, 5) is 3.30. The zero-order valence-electron chi connectivity index (χ0n) is 18.6. The molecule has 2 aromatic carbocycles. The molecule has 0 amide bonds. The molecule has 0 saturated carbocycles. The number of benzene rings is 2.